The Morgan fingerprint density at radius 1 is 1.30 bits per heavy atom. The molecule has 0 aliphatic carbocycles. The van der Waals surface area contributed by atoms with Crippen molar-refractivity contribution in [3.05, 3.63) is 60.3 Å². The Bertz CT molecular complexity index is 827. The molecule has 0 atom stereocenters. The van der Waals surface area contributed by atoms with Crippen LogP contribution < -0.4 is 5.32 Å². The lowest BCUT2D eigenvalue weighted by atomic mass is 10.2. The Morgan fingerprint density at radius 3 is 2.91 bits per heavy atom. The normalized spacial score (nSPS) is 10.9. The first-order chi connectivity index (χ1) is 11.2. The van der Waals surface area contributed by atoms with Crippen molar-refractivity contribution in [1.29, 1.82) is 0 Å². The van der Waals surface area contributed by atoms with Crippen LogP contribution >= 0.6 is 0 Å². The lowest BCUT2D eigenvalue weighted by Crippen LogP contribution is -2.13. The molecule has 5 nitrogen and oxygen atoms in total. The number of ether oxygens (including phenoxy) is 1. The largest absolute Gasteiger partial charge is 0.383 e. The van der Waals surface area contributed by atoms with E-state index in [1.807, 2.05) is 30.5 Å². The number of fused-ring (bicyclic) bond motifs is 1. The number of nitrogens with one attached hydrogen (secondary N) is 1. The van der Waals surface area contributed by atoms with Crippen molar-refractivity contribution in [3.63, 3.8) is 0 Å². The number of methoxy groups -OCH3 is 1. The maximum atomic E-state index is 12.9. The molecule has 23 heavy (non-hydrogen) atoms. The third-order valence-corrected chi connectivity index (χ3v) is 3.53. The summed E-state index contributed by atoms with van der Waals surface area (Å²) in [6.07, 6.45) is 3.00. The Hall–Kier alpha value is -2.73. The van der Waals surface area contributed by atoms with E-state index in [1.54, 1.807) is 7.11 Å². The fraction of sp³-hybridized carbons (Fsp3) is 0.176. The van der Waals surface area contributed by atoms with E-state index >= 15 is 0 Å². The van der Waals surface area contributed by atoms with E-state index in [1.165, 1.54) is 12.1 Å². The minimum atomic E-state index is -0.473. The van der Waals surface area contributed by atoms with E-state index in [0.717, 1.165) is 23.6 Å². The van der Waals surface area contributed by atoms with Crippen LogP contribution in [0.5, 0.6) is 0 Å². The Balaban J connectivity index is 1.82. The second-order valence-electron chi connectivity index (χ2n) is 5.09. The van der Waals surface area contributed by atoms with E-state index in [2.05, 4.69) is 14.9 Å². The van der Waals surface area contributed by atoms with Crippen LogP contribution in [0, 0.1) is 5.82 Å². The number of anilines is 1. The van der Waals surface area contributed by atoms with Crippen LogP contribution in [0.2, 0.25) is 0 Å². The number of pyridine rings is 1. The lowest BCUT2D eigenvalue weighted by Gasteiger charge is -2.08. The third kappa shape index (κ3) is 3.37. The second-order valence-corrected chi connectivity index (χ2v) is 5.09. The molecule has 0 aliphatic rings. The second kappa shape index (κ2) is 6.58. The van der Waals surface area contributed by atoms with Crippen molar-refractivity contribution in [3.8, 4) is 0 Å². The van der Waals surface area contributed by atoms with E-state index in [4.69, 9.17) is 4.74 Å². The van der Waals surface area contributed by atoms with Crippen LogP contribution in [0.25, 0.3) is 10.9 Å². The first-order valence-corrected chi connectivity index (χ1v) is 7.18. The van der Waals surface area contributed by atoms with Gasteiger partial charge in [-0.3, -0.25) is 4.79 Å². The zero-order chi connectivity index (χ0) is 16.2. The molecular weight excluding hydrogens is 297 g/mol. The fourth-order valence-electron chi connectivity index (χ4n) is 2.35. The number of carbonyl (C=O) groups is 1. The molecule has 0 aliphatic heterocycles. The molecule has 2 heterocycles. The smallest absolute Gasteiger partial charge is 0.274 e. The van der Waals surface area contributed by atoms with Gasteiger partial charge in [0.05, 0.1) is 18.3 Å². The van der Waals surface area contributed by atoms with E-state index < -0.39 is 5.82 Å². The summed E-state index contributed by atoms with van der Waals surface area (Å²) in [6, 6.07) is 10.2. The van der Waals surface area contributed by atoms with Gasteiger partial charge < -0.3 is 14.6 Å². The summed E-state index contributed by atoms with van der Waals surface area (Å²) in [5.41, 5.74) is 1.83. The Morgan fingerprint density at radius 2 is 2.17 bits per heavy atom. The molecule has 1 amide bonds. The molecule has 0 fully saturated rings. The summed E-state index contributed by atoms with van der Waals surface area (Å²) >= 11 is 0. The number of hydrogen-bond acceptors (Lipinski definition) is 3. The molecule has 0 spiro atoms. The van der Waals surface area contributed by atoms with E-state index in [-0.39, 0.29) is 11.6 Å². The van der Waals surface area contributed by atoms with Gasteiger partial charge in [-0.05, 0) is 35.7 Å². The summed E-state index contributed by atoms with van der Waals surface area (Å²) in [5, 5.41) is 3.86. The minimum Gasteiger partial charge on any atom is -0.383 e. The van der Waals surface area contributed by atoms with Gasteiger partial charge in [-0.15, -0.1) is 0 Å². The van der Waals surface area contributed by atoms with Gasteiger partial charge in [0.25, 0.3) is 5.91 Å². The van der Waals surface area contributed by atoms with Crippen molar-refractivity contribution in [2.45, 2.75) is 6.54 Å². The van der Waals surface area contributed by atoms with Crippen molar-refractivity contribution in [1.82, 2.24) is 9.55 Å². The number of carbonyl (C=O) groups excluding carboxylic acids is 1. The van der Waals surface area contributed by atoms with Gasteiger partial charge in [-0.25, -0.2) is 9.37 Å². The fourth-order valence-corrected chi connectivity index (χ4v) is 2.35. The highest BCUT2D eigenvalue weighted by Gasteiger charge is 2.09. The number of aromatic nitrogens is 2. The average Bonchev–Trinajstić information content (AvgIpc) is 2.96. The van der Waals surface area contributed by atoms with E-state index in [9.17, 15) is 9.18 Å². The Labute approximate surface area is 132 Å². The number of rotatable bonds is 5. The monoisotopic (exact) mass is 313 g/mol. The van der Waals surface area contributed by atoms with Crippen molar-refractivity contribution in [2.75, 3.05) is 19.0 Å². The van der Waals surface area contributed by atoms with Crippen molar-refractivity contribution < 1.29 is 13.9 Å². The summed E-state index contributed by atoms with van der Waals surface area (Å²) in [5.74, 6) is -0.849. The topological polar surface area (TPSA) is 56.1 Å². The zero-order valence-electron chi connectivity index (χ0n) is 12.6. The first kappa shape index (κ1) is 15.2. The summed E-state index contributed by atoms with van der Waals surface area (Å²) < 4.78 is 20.0. The van der Waals surface area contributed by atoms with Crippen LogP contribution in [0.3, 0.4) is 0 Å². The summed E-state index contributed by atoms with van der Waals surface area (Å²) in [4.78, 5) is 15.9. The SMILES string of the molecule is COCCn1ccc2ccc(NC(=O)c3ccc(F)cn3)cc21. The first-order valence-electron chi connectivity index (χ1n) is 7.18. The molecule has 0 unspecified atom stereocenters. The molecule has 1 aromatic carbocycles. The molecule has 1 N–H and O–H groups in total. The lowest BCUT2D eigenvalue weighted by molar-refractivity contribution is 0.102. The molecule has 0 saturated carbocycles. The highest BCUT2D eigenvalue weighted by atomic mass is 19.1. The molecule has 2 aromatic heterocycles. The van der Waals surface area contributed by atoms with Gasteiger partial charge in [0.1, 0.15) is 11.5 Å². The van der Waals surface area contributed by atoms with Crippen LogP contribution in [0.1, 0.15) is 10.5 Å². The summed E-state index contributed by atoms with van der Waals surface area (Å²) in [6.45, 7) is 1.34. The van der Waals surface area contributed by atoms with E-state index in [0.29, 0.717) is 12.3 Å². The molecule has 6 heteroatoms. The van der Waals surface area contributed by atoms with Gasteiger partial charge in [0.15, 0.2) is 0 Å². The number of hydrogen-bond donors (Lipinski definition) is 1. The predicted octanol–water partition coefficient (Wildman–Crippen LogP) is 3.07. The quantitative estimate of drug-likeness (QED) is 0.787. The maximum absolute atomic E-state index is 12.9. The highest BCUT2D eigenvalue weighted by Crippen LogP contribution is 2.21. The number of nitrogens with zero attached hydrogens (tertiary/aromatic N) is 2. The average molecular weight is 313 g/mol. The van der Waals surface area contributed by atoms with Crippen LogP contribution in [0.15, 0.2) is 48.8 Å². The predicted molar refractivity (Wildman–Crippen MR) is 86.0 cm³/mol. The van der Waals surface area contributed by atoms with Gasteiger partial charge in [-0.1, -0.05) is 6.07 Å². The molecular formula is C17H16FN3O2. The highest BCUT2D eigenvalue weighted by molar-refractivity contribution is 6.03. The van der Waals surface area contributed by atoms with Crippen LogP contribution in [-0.4, -0.2) is 29.2 Å². The molecule has 0 bridgehead atoms. The van der Waals surface area contributed by atoms with Gasteiger partial charge in [0.2, 0.25) is 0 Å². The van der Waals surface area contributed by atoms with Crippen molar-refractivity contribution in [2.24, 2.45) is 0 Å². The zero-order valence-corrected chi connectivity index (χ0v) is 12.6. The van der Waals surface area contributed by atoms with Gasteiger partial charge in [0, 0.05) is 25.5 Å². The molecule has 118 valence electrons. The standard InChI is InChI=1S/C17H16FN3O2/c1-23-9-8-21-7-6-12-2-4-14(10-16(12)21)20-17(22)15-5-3-13(18)11-19-15/h2-7,10-11H,8-9H2,1H3,(H,20,22). The summed E-state index contributed by atoms with van der Waals surface area (Å²) in [7, 11) is 1.66. The number of benzene rings is 1. The molecule has 0 radical (unpaired) electrons. The van der Waals surface area contributed by atoms with Crippen LogP contribution in [0.4, 0.5) is 10.1 Å². The molecule has 3 rings (SSSR count). The number of halogens is 1. The van der Waals surface area contributed by atoms with Crippen LogP contribution in [-0.2, 0) is 11.3 Å². The van der Waals surface area contributed by atoms with Gasteiger partial charge >= 0.3 is 0 Å². The van der Waals surface area contributed by atoms with Gasteiger partial charge in [-0.2, -0.15) is 0 Å². The molecule has 3 aromatic rings. The maximum Gasteiger partial charge on any atom is 0.274 e. The van der Waals surface area contributed by atoms with Crippen molar-refractivity contribution >= 4 is 22.5 Å². The minimum absolute atomic E-state index is 0.168. The third-order valence-electron chi connectivity index (χ3n) is 3.53. The Kier molecular flexibility index (Phi) is 4.34. The number of amides is 1. The molecule has 0 saturated heterocycles.